The standard InChI is InChI=1S/C13H20N2O5S/c1-3-6-14(9-13(17)18)8-12(16)15(4-2)11-5-7-21(19,20)10-11/h1,11H,4-10H2,2H3,(H,17,18). The second kappa shape index (κ2) is 7.43. The van der Waals surface area contributed by atoms with E-state index in [-0.39, 0.29) is 43.1 Å². The van der Waals surface area contributed by atoms with Crippen LogP contribution in [0.5, 0.6) is 0 Å². The monoisotopic (exact) mass is 316 g/mol. The Hall–Kier alpha value is -1.59. The maximum Gasteiger partial charge on any atom is 0.317 e. The van der Waals surface area contributed by atoms with Crippen molar-refractivity contribution in [2.24, 2.45) is 0 Å². The highest BCUT2D eigenvalue weighted by atomic mass is 32.2. The van der Waals surface area contributed by atoms with Gasteiger partial charge >= 0.3 is 5.97 Å². The lowest BCUT2D eigenvalue weighted by molar-refractivity contribution is -0.139. The number of carboxylic acid groups (broad SMARTS) is 1. The van der Waals surface area contributed by atoms with Crippen LogP contribution in [0.2, 0.25) is 0 Å². The first-order chi connectivity index (χ1) is 9.79. The summed E-state index contributed by atoms with van der Waals surface area (Å²) in [5.74, 6) is 1.01. The molecule has 118 valence electrons. The molecule has 1 rings (SSSR count). The molecule has 0 spiro atoms. The minimum atomic E-state index is -3.08. The van der Waals surface area contributed by atoms with Crippen LogP contribution >= 0.6 is 0 Å². The molecule has 8 heteroatoms. The van der Waals surface area contributed by atoms with Gasteiger partial charge in [0, 0.05) is 12.6 Å². The summed E-state index contributed by atoms with van der Waals surface area (Å²) < 4.78 is 23.0. The molecule has 1 amide bonds. The molecule has 0 aromatic rings. The predicted octanol–water partition coefficient (Wildman–Crippen LogP) is -0.958. The third-order valence-electron chi connectivity index (χ3n) is 3.34. The van der Waals surface area contributed by atoms with Crippen molar-refractivity contribution in [1.29, 1.82) is 0 Å². The zero-order chi connectivity index (χ0) is 16.0. The van der Waals surface area contributed by atoms with E-state index in [4.69, 9.17) is 11.5 Å². The van der Waals surface area contributed by atoms with Crippen LogP contribution in [0.15, 0.2) is 0 Å². The van der Waals surface area contributed by atoms with Crippen molar-refractivity contribution in [2.75, 3.05) is 37.7 Å². The van der Waals surface area contributed by atoms with Gasteiger partial charge in [0.1, 0.15) is 0 Å². The van der Waals surface area contributed by atoms with Crippen LogP contribution in [-0.4, -0.2) is 78.9 Å². The Bertz CT molecular complexity index is 537. The summed E-state index contributed by atoms with van der Waals surface area (Å²) in [6.45, 7) is 1.76. The number of nitrogens with zero attached hydrogens (tertiary/aromatic N) is 2. The molecule has 1 heterocycles. The average molecular weight is 316 g/mol. The van der Waals surface area contributed by atoms with Crippen molar-refractivity contribution in [2.45, 2.75) is 19.4 Å². The topological polar surface area (TPSA) is 95.0 Å². The van der Waals surface area contributed by atoms with E-state index in [1.165, 1.54) is 9.80 Å². The normalized spacial score (nSPS) is 20.1. The Kier molecular flexibility index (Phi) is 6.18. The summed E-state index contributed by atoms with van der Waals surface area (Å²) in [5.41, 5.74) is 0. The summed E-state index contributed by atoms with van der Waals surface area (Å²) in [7, 11) is -3.08. The number of carbonyl (C=O) groups excluding carboxylic acids is 1. The molecule has 7 nitrogen and oxygen atoms in total. The molecule has 1 unspecified atom stereocenters. The number of rotatable bonds is 7. The molecule has 0 saturated carbocycles. The Labute approximate surface area is 124 Å². The average Bonchev–Trinajstić information content (AvgIpc) is 2.70. The maximum absolute atomic E-state index is 12.3. The highest BCUT2D eigenvalue weighted by molar-refractivity contribution is 7.91. The van der Waals surface area contributed by atoms with Gasteiger partial charge in [-0.25, -0.2) is 8.42 Å². The second-order valence-electron chi connectivity index (χ2n) is 4.98. The molecule has 0 aromatic heterocycles. The SMILES string of the molecule is C#CCN(CC(=O)O)CC(=O)N(CC)C1CCS(=O)(=O)C1. The van der Waals surface area contributed by atoms with Crippen LogP contribution in [0.1, 0.15) is 13.3 Å². The number of carboxylic acids is 1. The number of hydrogen-bond donors (Lipinski definition) is 1. The number of sulfone groups is 1. The molecule has 1 aliphatic rings. The van der Waals surface area contributed by atoms with Crippen molar-refractivity contribution in [3.8, 4) is 12.3 Å². The van der Waals surface area contributed by atoms with Crippen molar-refractivity contribution in [3.05, 3.63) is 0 Å². The number of amides is 1. The van der Waals surface area contributed by atoms with Gasteiger partial charge in [-0.3, -0.25) is 14.5 Å². The zero-order valence-electron chi connectivity index (χ0n) is 12.0. The highest BCUT2D eigenvalue weighted by Gasteiger charge is 2.34. The minimum absolute atomic E-state index is 0.0271. The molecular formula is C13H20N2O5S. The Morgan fingerprint density at radius 2 is 2.05 bits per heavy atom. The van der Waals surface area contributed by atoms with E-state index < -0.39 is 15.8 Å². The maximum atomic E-state index is 12.3. The summed E-state index contributed by atoms with van der Waals surface area (Å²) in [6, 6.07) is -0.329. The van der Waals surface area contributed by atoms with Gasteiger partial charge in [-0.2, -0.15) is 0 Å². The molecule has 1 atom stereocenters. The van der Waals surface area contributed by atoms with Gasteiger partial charge in [0.25, 0.3) is 0 Å². The molecule has 0 aromatic carbocycles. The number of hydrogen-bond acceptors (Lipinski definition) is 5. The Morgan fingerprint density at radius 1 is 1.38 bits per heavy atom. The van der Waals surface area contributed by atoms with Crippen LogP contribution in [0.4, 0.5) is 0 Å². The van der Waals surface area contributed by atoms with Crippen molar-refractivity contribution >= 4 is 21.7 Å². The molecule has 1 N–H and O–H groups in total. The predicted molar refractivity (Wildman–Crippen MR) is 77.4 cm³/mol. The minimum Gasteiger partial charge on any atom is -0.480 e. The van der Waals surface area contributed by atoms with Gasteiger partial charge < -0.3 is 10.0 Å². The summed E-state index contributed by atoms with van der Waals surface area (Å²) >= 11 is 0. The summed E-state index contributed by atoms with van der Waals surface area (Å²) in [4.78, 5) is 25.8. The first-order valence-corrected chi connectivity index (χ1v) is 8.48. The molecule has 0 radical (unpaired) electrons. The number of aliphatic carboxylic acids is 1. The molecule has 21 heavy (non-hydrogen) atoms. The third kappa shape index (κ3) is 5.36. The molecule has 1 aliphatic heterocycles. The molecule has 0 bridgehead atoms. The number of likely N-dealkylation sites (N-methyl/N-ethyl adjacent to an activating group) is 1. The van der Waals surface area contributed by atoms with Gasteiger partial charge in [-0.15, -0.1) is 6.42 Å². The molecular weight excluding hydrogens is 296 g/mol. The quantitative estimate of drug-likeness (QED) is 0.608. The lowest BCUT2D eigenvalue weighted by Gasteiger charge is -2.29. The lowest BCUT2D eigenvalue weighted by Crippen LogP contribution is -2.47. The van der Waals surface area contributed by atoms with Gasteiger partial charge in [0.05, 0.1) is 31.1 Å². The van der Waals surface area contributed by atoms with Gasteiger partial charge in [0.2, 0.25) is 5.91 Å². The smallest absolute Gasteiger partial charge is 0.317 e. The van der Waals surface area contributed by atoms with Crippen LogP contribution in [0.25, 0.3) is 0 Å². The van der Waals surface area contributed by atoms with Gasteiger partial charge in [-0.1, -0.05) is 5.92 Å². The van der Waals surface area contributed by atoms with Crippen molar-refractivity contribution in [3.63, 3.8) is 0 Å². The van der Waals surface area contributed by atoms with Crippen molar-refractivity contribution < 1.29 is 23.1 Å². The highest BCUT2D eigenvalue weighted by Crippen LogP contribution is 2.18. The lowest BCUT2D eigenvalue weighted by atomic mass is 10.2. The number of carbonyl (C=O) groups is 2. The van der Waals surface area contributed by atoms with E-state index >= 15 is 0 Å². The van der Waals surface area contributed by atoms with E-state index in [1.54, 1.807) is 6.92 Å². The zero-order valence-corrected chi connectivity index (χ0v) is 12.8. The van der Waals surface area contributed by atoms with E-state index in [1.807, 2.05) is 0 Å². The number of terminal acetylenes is 1. The summed E-state index contributed by atoms with van der Waals surface area (Å²) in [5, 5.41) is 8.78. The molecule has 0 aliphatic carbocycles. The first kappa shape index (κ1) is 17.5. The van der Waals surface area contributed by atoms with E-state index in [9.17, 15) is 18.0 Å². The second-order valence-corrected chi connectivity index (χ2v) is 7.21. The Morgan fingerprint density at radius 3 is 2.48 bits per heavy atom. The first-order valence-electron chi connectivity index (χ1n) is 6.66. The fraction of sp³-hybridized carbons (Fsp3) is 0.692. The fourth-order valence-corrected chi connectivity index (χ4v) is 4.16. The van der Waals surface area contributed by atoms with Crippen LogP contribution in [-0.2, 0) is 19.4 Å². The van der Waals surface area contributed by atoms with Gasteiger partial charge in [0.15, 0.2) is 9.84 Å². The van der Waals surface area contributed by atoms with Gasteiger partial charge in [-0.05, 0) is 13.3 Å². The fourth-order valence-electron chi connectivity index (χ4n) is 2.43. The Balaban J connectivity index is 2.70. The van der Waals surface area contributed by atoms with Crippen molar-refractivity contribution in [1.82, 2.24) is 9.80 Å². The van der Waals surface area contributed by atoms with Crippen LogP contribution < -0.4 is 0 Å². The van der Waals surface area contributed by atoms with Crippen LogP contribution in [0.3, 0.4) is 0 Å². The molecule has 1 fully saturated rings. The largest absolute Gasteiger partial charge is 0.480 e. The van der Waals surface area contributed by atoms with E-state index in [2.05, 4.69) is 5.92 Å². The summed E-state index contributed by atoms with van der Waals surface area (Å²) in [6.07, 6.45) is 5.58. The van der Waals surface area contributed by atoms with E-state index in [0.717, 1.165) is 0 Å². The van der Waals surface area contributed by atoms with Crippen LogP contribution in [0, 0.1) is 12.3 Å². The molecule has 1 saturated heterocycles. The van der Waals surface area contributed by atoms with E-state index in [0.29, 0.717) is 13.0 Å². The third-order valence-corrected chi connectivity index (χ3v) is 5.09.